The van der Waals surface area contributed by atoms with Crippen LogP contribution in [0.5, 0.6) is 11.5 Å². The van der Waals surface area contributed by atoms with E-state index >= 15 is 0 Å². The molecule has 218 valence electrons. The first-order chi connectivity index (χ1) is 21.8. The Morgan fingerprint density at radius 2 is 0.911 bits per heavy atom. The minimum Gasteiger partial charge on any atom is -0.508 e. The van der Waals surface area contributed by atoms with Gasteiger partial charge in [0, 0.05) is 38.3 Å². The summed E-state index contributed by atoms with van der Waals surface area (Å²) in [6.07, 6.45) is 0. The van der Waals surface area contributed by atoms with Crippen molar-refractivity contribution in [3.8, 4) is 22.9 Å². The Morgan fingerprint density at radius 3 is 1.38 bits per heavy atom. The van der Waals surface area contributed by atoms with Crippen molar-refractivity contribution in [2.24, 2.45) is 5.84 Å². The standard InChI is InChI=1S/C39H30N4O2/c1-39(2)31-19-23(41-33-9-5-3-7-27(33)28-8-4-6-10-34(28)41)11-15-37(31)43(40)38-16-12-24(20-32(38)39)42-35-17-13-25(44)21-29(35)30-22-26(45)14-18-36(30)42/h3-22,44-45H,40H2,1-2H3. The molecule has 4 N–H and O–H groups in total. The molecule has 0 saturated heterocycles. The fraction of sp³-hybridized carbons (Fsp3) is 0.0769. The maximum Gasteiger partial charge on any atom is 0.116 e. The topological polar surface area (TPSA) is 79.6 Å². The molecule has 0 unspecified atom stereocenters. The second-order valence-corrected chi connectivity index (χ2v) is 12.5. The molecule has 1 aliphatic rings. The minimum absolute atomic E-state index is 0.186. The summed E-state index contributed by atoms with van der Waals surface area (Å²) < 4.78 is 4.53. The summed E-state index contributed by atoms with van der Waals surface area (Å²) in [6.45, 7) is 4.53. The summed E-state index contributed by atoms with van der Waals surface area (Å²) in [5.74, 6) is 7.25. The Balaban J connectivity index is 1.25. The molecule has 0 amide bonds. The number of phenols is 2. The Kier molecular flexibility index (Phi) is 5.10. The lowest BCUT2D eigenvalue weighted by molar-refractivity contribution is 0.475. The van der Waals surface area contributed by atoms with E-state index in [1.165, 1.54) is 21.8 Å². The van der Waals surface area contributed by atoms with Gasteiger partial charge in [-0.15, -0.1) is 0 Å². The summed E-state index contributed by atoms with van der Waals surface area (Å²) in [7, 11) is 0. The lowest BCUT2D eigenvalue weighted by Gasteiger charge is -2.40. The van der Waals surface area contributed by atoms with Gasteiger partial charge in [-0.25, -0.2) is 5.84 Å². The van der Waals surface area contributed by atoms with E-state index in [1.807, 2.05) is 12.1 Å². The maximum atomic E-state index is 10.3. The van der Waals surface area contributed by atoms with Crippen LogP contribution in [0.4, 0.5) is 11.4 Å². The predicted octanol–water partition coefficient (Wildman–Crippen LogP) is 8.94. The number of aromatic hydroxyl groups is 2. The Labute approximate surface area is 259 Å². The fourth-order valence-corrected chi connectivity index (χ4v) is 7.50. The first-order valence-electron chi connectivity index (χ1n) is 15.1. The number of aromatic nitrogens is 2. The molecule has 0 bridgehead atoms. The van der Waals surface area contributed by atoms with Crippen LogP contribution in [-0.4, -0.2) is 19.3 Å². The molecule has 6 aromatic carbocycles. The molecule has 0 fully saturated rings. The number of hydrazine groups is 1. The zero-order valence-electron chi connectivity index (χ0n) is 24.9. The van der Waals surface area contributed by atoms with E-state index in [4.69, 9.17) is 5.84 Å². The number of hydrogen-bond acceptors (Lipinski definition) is 4. The summed E-state index contributed by atoms with van der Waals surface area (Å²) in [5.41, 5.74) is 10.1. The lowest BCUT2D eigenvalue weighted by atomic mass is 9.73. The van der Waals surface area contributed by atoms with E-state index in [9.17, 15) is 10.2 Å². The van der Waals surface area contributed by atoms with E-state index in [2.05, 4.69) is 108 Å². The monoisotopic (exact) mass is 586 g/mol. The highest BCUT2D eigenvalue weighted by Crippen LogP contribution is 2.49. The third kappa shape index (κ3) is 3.48. The molecule has 3 heterocycles. The van der Waals surface area contributed by atoms with Crippen LogP contribution in [0.2, 0.25) is 0 Å². The highest BCUT2D eigenvalue weighted by molar-refractivity contribution is 6.11. The SMILES string of the molecule is CC1(C)c2cc(-n3c4ccccc4c4ccccc43)ccc2N(N)c2ccc(-n3c4ccc(O)cc4c4cc(O)ccc43)cc21. The van der Waals surface area contributed by atoms with Crippen molar-refractivity contribution in [2.45, 2.75) is 19.3 Å². The second-order valence-electron chi connectivity index (χ2n) is 12.5. The molecule has 0 aliphatic carbocycles. The molecule has 45 heavy (non-hydrogen) atoms. The van der Waals surface area contributed by atoms with Crippen LogP contribution in [-0.2, 0) is 5.41 Å². The molecular formula is C39H30N4O2. The number of para-hydroxylation sites is 2. The van der Waals surface area contributed by atoms with E-state index in [1.54, 1.807) is 29.3 Å². The lowest BCUT2D eigenvalue weighted by Crippen LogP contribution is -2.37. The molecule has 6 nitrogen and oxygen atoms in total. The third-order valence-electron chi connectivity index (χ3n) is 9.65. The van der Waals surface area contributed by atoms with Gasteiger partial charge >= 0.3 is 0 Å². The summed E-state index contributed by atoms with van der Waals surface area (Å²) in [6, 6.07) is 40.9. The number of nitrogens with zero attached hydrogens (tertiary/aromatic N) is 3. The van der Waals surface area contributed by atoms with Crippen LogP contribution >= 0.6 is 0 Å². The van der Waals surface area contributed by atoms with Gasteiger partial charge < -0.3 is 19.3 Å². The fourth-order valence-electron chi connectivity index (χ4n) is 7.50. The van der Waals surface area contributed by atoms with E-state index in [0.29, 0.717) is 0 Å². The van der Waals surface area contributed by atoms with Gasteiger partial charge in [-0.1, -0.05) is 50.2 Å². The van der Waals surface area contributed by atoms with Crippen LogP contribution in [0.1, 0.15) is 25.0 Å². The minimum atomic E-state index is -0.374. The van der Waals surface area contributed by atoms with E-state index in [-0.39, 0.29) is 16.9 Å². The van der Waals surface area contributed by atoms with Crippen LogP contribution in [0, 0.1) is 0 Å². The molecule has 1 aliphatic heterocycles. The Hall–Kier alpha value is -5.72. The van der Waals surface area contributed by atoms with Gasteiger partial charge in [-0.05, 0) is 96.1 Å². The number of hydrogen-bond donors (Lipinski definition) is 3. The van der Waals surface area contributed by atoms with Crippen LogP contribution < -0.4 is 10.9 Å². The van der Waals surface area contributed by atoms with Crippen molar-refractivity contribution in [1.29, 1.82) is 0 Å². The van der Waals surface area contributed by atoms with Crippen LogP contribution in [0.15, 0.2) is 121 Å². The van der Waals surface area contributed by atoms with Crippen molar-refractivity contribution >= 4 is 55.0 Å². The zero-order valence-corrected chi connectivity index (χ0v) is 24.9. The highest BCUT2D eigenvalue weighted by Gasteiger charge is 2.36. The van der Waals surface area contributed by atoms with Gasteiger partial charge in [-0.2, -0.15) is 0 Å². The summed E-state index contributed by atoms with van der Waals surface area (Å²) in [4.78, 5) is 0. The molecule has 6 heteroatoms. The van der Waals surface area contributed by atoms with E-state index < -0.39 is 0 Å². The van der Waals surface area contributed by atoms with Crippen molar-refractivity contribution in [3.63, 3.8) is 0 Å². The molecule has 0 saturated carbocycles. The van der Waals surface area contributed by atoms with Crippen molar-refractivity contribution < 1.29 is 10.2 Å². The van der Waals surface area contributed by atoms with Gasteiger partial charge in [0.2, 0.25) is 0 Å². The molecular weight excluding hydrogens is 556 g/mol. The van der Waals surface area contributed by atoms with Crippen molar-refractivity contribution in [2.75, 3.05) is 5.01 Å². The van der Waals surface area contributed by atoms with Gasteiger partial charge in [-0.3, -0.25) is 5.01 Å². The average Bonchev–Trinajstić information content (AvgIpc) is 3.55. The van der Waals surface area contributed by atoms with Crippen LogP contribution in [0.25, 0.3) is 55.0 Å². The number of nitrogens with two attached hydrogens (primary N) is 1. The van der Waals surface area contributed by atoms with Crippen LogP contribution in [0.3, 0.4) is 0 Å². The van der Waals surface area contributed by atoms with Crippen molar-refractivity contribution in [3.05, 3.63) is 132 Å². The number of fused-ring (bicyclic) bond motifs is 8. The predicted molar refractivity (Wildman–Crippen MR) is 183 cm³/mol. The molecule has 9 rings (SSSR count). The molecule has 8 aromatic rings. The maximum absolute atomic E-state index is 10.3. The molecule has 0 spiro atoms. The van der Waals surface area contributed by atoms with E-state index in [0.717, 1.165) is 55.7 Å². The Morgan fingerprint density at radius 1 is 0.489 bits per heavy atom. The number of phenolic OH excluding ortho intramolecular Hbond substituents is 2. The largest absolute Gasteiger partial charge is 0.508 e. The highest BCUT2D eigenvalue weighted by atomic mass is 16.3. The second kappa shape index (κ2) is 8.91. The van der Waals surface area contributed by atoms with Gasteiger partial charge in [0.05, 0.1) is 33.4 Å². The quantitative estimate of drug-likeness (QED) is 0.177. The summed E-state index contributed by atoms with van der Waals surface area (Å²) in [5, 5.41) is 26.6. The number of anilines is 2. The first-order valence-corrected chi connectivity index (χ1v) is 15.1. The van der Waals surface area contributed by atoms with Gasteiger partial charge in [0.15, 0.2) is 0 Å². The van der Waals surface area contributed by atoms with Gasteiger partial charge in [0.25, 0.3) is 0 Å². The molecule has 0 radical (unpaired) electrons. The molecule has 0 atom stereocenters. The first kappa shape index (κ1) is 25.7. The number of rotatable bonds is 2. The van der Waals surface area contributed by atoms with Crippen molar-refractivity contribution in [1.82, 2.24) is 9.13 Å². The van der Waals surface area contributed by atoms with Gasteiger partial charge in [0.1, 0.15) is 11.5 Å². The normalized spacial score (nSPS) is 14.0. The zero-order chi connectivity index (χ0) is 30.6. The molecule has 2 aromatic heterocycles. The summed E-state index contributed by atoms with van der Waals surface area (Å²) >= 11 is 0. The average molecular weight is 587 g/mol. The smallest absolute Gasteiger partial charge is 0.116 e. The number of benzene rings is 6. The Bertz CT molecular complexity index is 2410. The third-order valence-corrected chi connectivity index (χ3v) is 9.65.